The van der Waals surface area contributed by atoms with Gasteiger partial charge < -0.3 is 10.4 Å². The zero-order chi connectivity index (χ0) is 13.9. The minimum atomic E-state index is -0.192. The largest absolute Gasteiger partial charge is 0.393 e. The highest BCUT2D eigenvalue weighted by molar-refractivity contribution is 7.13. The molecule has 0 aromatic carbocycles. The van der Waals surface area contributed by atoms with E-state index in [1.54, 1.807) is 0 Å². The highest BCUT2D eigenvalue weighted by atomic mass is 32.1. The minimum Gasteiger partial charge on any atom is -0.393 e. The summed E-state index contributed by atoms with van der Waals surface area (Å²) in [5, 5.41) is 25.9. The van der Waals surface area contributed by atoms with Gasteiger partial charge in [0.05, 0.1) is 11.0 Å². The quantitative estimate of drug-likeness (QED) is 0.826. The molecule has 106 valence electrons. The molecule has 0 bridgehead atoms. The summed E-state index contributed by atoms with van der Waals surface area (Å²) < 4.78 is 0. The highest BCUT2D eigenvalue weighted by Gasteiger charge is 2.27. The van der Waals surface area contributed by atoms with E-state index >= 15 is 0 Å². The number of carbonyl (C=O) groups excluding carboxylic acids is 1. The van der Waals surface area contributed by atoms with Crippen molar-refractivity contribution in [1.29, 1.82) is 0 Å². The van der Waals surface area contributed by atoms with E-state index in [4.69, 9.17) is 5.11 Å². The average molecular weight is 293 g/mol. The number of thiophene rings is 1. The van der Waals surface area contributed by atoms with Crippen molar-refractivity contribution in [1.82, 2.24) is 25.5 Å². The van der Waals surface area contributed by atoms with E-state index < -0.39 is 0 Å². The predicted molar refractivity (Wildman–Crippen MR) is 72.9 cm³/mol. The third-order valence-corrected chi connectivity index (χ3v) is 4.14. The number of carbonyl (C=O) groups is 1. The van der Waals surface area contributed by atoms with Crippen molar-refractivity contribution in [2.45, 2.75) is 25.5 Å². The standard InChI is InChI=1S/C12H15N5O2S/c18-9-4-8(5-9)6-13-11(19)7-17-15-12(14-16-17)10-2-1-3-20-10/h1-3,8-9,18H,4-7H2,(H,13,19). The van der Waals surface area contributed by atoms with Crippen LogP contribution >= 0.6 is 11.3 Å². The molecule has 0 atom stereocenters. The maximum atomic E-state index is 11.7. The van der Waals surface area contributed by atoms with Crippen LogP contribution in [0.2, 0.25) is 0 Å². The lowest BCUT2D eigenvalue weighted by atomic mass is 9.82. The first kappa shape index (κ1) is 13.2. The number of aliphatic hydroxyl groups is 1. The van der Waals surface area contributed by atoms with E-state index in [1.165, 1.54) is 16.1 Å². The van der Waals surface area contributed by atoms with Crippen molar-refractivity contribution in [3.05, 3.63) is 17.5 Å². The Kier molecular flexibility index (Phi) is 3.75. The van der Waals surface area contributed by atoms with Crippen molar-refractivity contribution >= 4 is 17.2 Å². The van der Waals surface area contributed by atoms with Crippen LogP contribution in [0, 0.1) is 5.92 Å². The van der Waals surface area contributed by atoms with E-state index in [0.717, 1.165) is 17.7 Å². The first-order chi connectivity index (χ1) is 9.70. The number of hydrogen-bond donors (Lipinski definition) is 2. The van der Waals surface area contributed by atoms with E-state index in [2.05, 4.69) is 20.7 Å². The molecule has 8 heteroatoms. The molecule has 0 spiro atoms. The molecule has 2 N–H and O–H groups in total. The highest BCUT2D eigenvalue weighted by Crippen LogP contribution is 2.26. The molecule has 2 heterocycles. The summed E-state index contributed by atoms with van der Waals surface area (Å²) in [6.45, 7) is 0.663. The van der Waals surface area contributed by atoms with Gasteiger partial charge in [-0.25, -0.2) is 0 Å². The number of aliphatic hydroxyl groups excluding tert-OH is 1. The normalized spacial score (nSPS) is 21.4. The first-order valence-electron chi connectivity index (χ1n) is 6.47. The van der Waals surface area contributed by atoms with Crippen LogP contribution in [0.5, 0.6) is 0 Å². The van der Waals surface area contributed by atoms with Gasteiger partial charge in [-0.3, -0.25) is 4.79 Å². The number of aromatic nitrogens is 4. The van der Waals surface area contributed by atoms with Gasteiger partial charge in [-0.15, -0.1) is 21.5 Å². The van der Waals surface area contributed by atoms with Gasteiger partial charge in [0, 0.05) is 6.54 Å². The second-order valence-electron chi connectivity index (χ2n) is 4.92. The summed E-state index contributed by atoms with van der Waals surface area (Å²) in [6, 6.07) is 3.83. The van der Waals surface area contributed by atoms with Crippen molar-refractivity contribution in [3.63, 3.8) is 0 Å². The van der Waals surface area contributed by atoms with E-state index in [0.29, 0.717) is 18.3 Å². The van der Waals surface area contributed by atoms with Crippen LogP contribution in [-0.4, -0.2) is 43.9 Å². The van der Waals surface area contributed by atoms with Crippen LogP contribution in [0.4, 0.5) is 0 Å². The molecule has 0 radical (unpaired) electrons. The van der Waals surface area contributed by atoms with Gasteiger partial charge in [-0.1, -0.05) is 6.07 Å². The van der Waals surface area contributed by atoms with Crippen LogP contribution in [0.3, 0.4) is 0 Å². The lowest BCUT2D eigenvalue weighted by Gasteiger charge is -2.31. The molecule has 1 amide bonds. The van der Waals surface area contributed by atoms with Crippen LogP contribution in [0.15, 0.2) is 17.5 Å². The molecule has 1 saturated carbocycles. The number of nitrogens with zero attached hydrogens (tertiary/aromatic N) is 4. The molecule has 20 heavy (non-hydrogen) atoms. The summed E-state index contributed by atoms with van der Waals surface area (Å²) in [4.78, 5) is 14.0. The van der Waals surface area contributed by atoms with E-state index in [9.17, 15) is 4.79 Å². The Bertz CT molecular complexity index is 576. The van der Waals surface area contributed by atoms with Gasteiger partial charge in [0.25, 0.3) is 0 Å². The molecule has 3 rings (SSSR count). The third-order valence-electron chi connectivity index (χ3n) is 3.28. The molecule has 2 aromatic rings. The van der Waals surface area contributed by atoms with Crippen molar-refractivity contribution in [2.24, 2.45) is 5.92 Å². The van der Waals surface area contributed by atoms with Crippen LogP contribution in [-0.2, 0) is 11.3 Å². The van der Waals surface area contributed by atoms with Crippen LogP contribution in [0.25, 0.3) is 10.7 Å². The molecule has 1 aliphatic carbocycles. The molecule has 1 aliphatic rings. The summed E-state index contributed by atoms with van der Waals surface area (Å²) in [6.07, 6.45) is 1.34. The summed E-state index contributed by atoms with van der Waals surface area (Å²) in [5.74, 6) is 0.788. The Labute approximate surface area is 119 Å². The second-order valence-corrected chi connectivity index (χ2v) is 5.86. The molecule has 0 aliphatic heterocycles. The maximum absolute atomic E-state index is 11.7. The SMILES string of the molecule is O=C(Cn1nnc(-c2cccs2)n1)NCC1CC(O)C1. The molecular formula is C12H15N5O2S. The molecular weight excluding hydrogens is 278 g/mol. The number of hydrogen-bond acceptors (Lipinski definition) is 6. The minimum absolute atomic E-state index is 0.0631. The number of amides is 1. The van der Waals surface area contributed by atoms with E-state index in [1.807, 2.05) is 17.5 Å². The van der Waals surface area contributed by atoms with Gasteiger partial charge in [0.1, 0.15) is 6.54 Å². The monoisotopic (exact) mass is 293 g/mol. The predicted octanol–water partition coefficient (Wildman–Crippen LogP) is 0.289. The average Bonchev–Trinajstić information content (AvgIpc) is 3.03. The molecule has 1 fully saturated rings. The van der Waals surface area contributed by atoms with Gasteiger partial charge in [0.15, 0.2) is 0 Å². The first-order valence-corrected chi connectivity index (χ1v) is 7.35. The second kappa shape index (κ2) is 5.68. The van der Waals surface area contributed by atoms with Crippen LogP contribution < -0.4 is 5.32 Å². The number of nitrogens with one attached hydrogen (secondary N) is 1. The van der Waals surface area contributed by atoms with Gasteiger partial charge >= 0.3 is 0 Å². The Hall–Kier alpha value is -1.80. The fourth-order valence-corrected chi connectivity index (χ4v) is 2.77. The Morgan fingerprint density at radius 3 is 3.10 bits per heavy atom. The van der Waals surface area contributed by atoms with Crippen molar-refractivity contribution < 1.29 is 9.90 Å². The fraction of sp³-hybridized carbons (Fsp3) is 0.500. The Morgan fingerprint density at radius 1 is 1.55 bits per heavy atom. The fourth-order valence-electron chi connectivity index (χ4n) is 2.12. The van der Waals surface area contributed by atoms with Crippen molar-refractivity contribution in [3.8, 4) is 10.7 Å². The zero-order valence-electron chi connectivity index (χ0n) is 10.8. The maximum Gasteiger partial charge on any atom is 0.243 e. The lowest BCUT2D eigenvalue weighted by molar-refractivity contribution is -0.122. The summed E-state index contributed by atoms with van der Waals surface area (Å²) >= 11 is 1.53. The van der Waals surface area contributed by atoms with Crippen LogP contribution in [0.1, 0.15) is 12.8 Å². The smallest absolute Gasteiger partial charge is 0.243 e. The topological polar surface area (TPSA) is 92.9 Å². The molecule has 0 saturated heterocycles. The number of rotatable bonds is 5. The number of tetrazole rings is 1. The molecule has 7 nitrogen and oxygen atoms in total. The summed E-state index contributed by atoms with van der Waals surface area (Å²) in [7, 11) is 0. The molecule has 0 unspecified atom stereocenters. The Balaban J connectivity index is 1.49. The lowest BCUT2D eigenvalue weighted by Crippen LogP contribution is -2.39. The van der Waals surface area contributed by atoms with Gasteiger partial charge in [0.2, 0.25) is 11.7 Å². The van der Waals surface area contributed by atoms with Gasteiger partial charge in [-0.2, -0.15) is 4.80 Å². The van der Waals surface area contributed by atoms with Crippen molar-refractivity contribution in [2.75, 3.05) is 6.54 Å². The van der Waals surface area contributed by atoms with Gasteiger partial charge in [-0.05, 0) is 35.4 Å². The third kappa shape index (κ3) is 3.02. The zero-order valence-corrected chi connectivity index (χ0v) is 11.6. The molecule has 2 aromatic heterocycles. The Morgan fingerprint density at radius 2 is 2.40 bits per heavy atom. The summed E-state index contributed by atoms with van der Waals surface area (Å²) in [5.41, 5.74) is 0. The van der Waals surface area contributed by atoms with E-state index in [-0.39, 0.29) is 18.6 Å².